The van der Waals surface area contributed by atoms with Gasteiger partial charge in [0.1, 0.15) is 17.2 Å². The predicted molar refractivity (Wildman–Crippen MR) is 99.2 cm³/mol. The molecule has 0 unspecified atom stereocenters. The summed E-state index contributed by atoms with van der Waals surface area (Å²) in [6.07, 6.45) is 2.91. The van der Waals surface area contributed by atoms with Crippen molar-refractivity contribution in [1.29, 1.82) is 0 Å². The molecule has 0 aromatic carbocycles. The third kappa shape index (κ3) is 3.77. The van der Waals surface area contributed by atoms with Crippen LogP contribution in [0.5, 0.6) is 0 Å². The number of fused-ring (bicyclic) bond motifs is 1. The predicted octanol–water partition coefficient (Wildman–Crippen LogP) is 1.22. The zero-order valence-electron chi connectivity index (χ0n) is 14.3. The van der Waals surface area contributed by atoms with Crippen molar-refractivity contribution in [2.75, 3.05) is 11.9 Å². The Kier molecular flexibility index (Phi) is 5.08. The molecule has 0 saturated carbocycles. The molecule has 3 aromatic heterocycles. The van der Waals surface area contributed by atoms with Gasteiger partial charge >= 0.3 is 0 Å². The van der Waals surface area contributed by atoms with Crippen molar-refractivity contribution in [3.8, 4) is 0 Å². The van der Waals surface area contributed by atoms with Crippen molar-refractivity contribution >= 4 is 39.2 Å². The molecule has 2 N–H and O–H groups in total. The fourth-order valence-corrected chi connectivity index (χ4v) is 3.38. The van der Waals surface area contributed by atoms with Crippen LogP contribution in [-0.4, -0.2) is 32.9 Å². The monoisotopic (exact) mass is 371 g/mol. The van der Waals surface area contributed by atoms with E-state index in [9.17, 15) is 14.4 Å². The summed E-state index contributed by atoms with van der Waals surface area (Å²) in [6, 6.07) is 5.12. The minimum Gasteiger partial charge on any atom is -0.345 e. The Bertz CT molecular complexity index is 1030. The van der Waals surface area contributed by atoms with Gasteiger partial charge in [0.25, 0.3) is 5.56 Å². The molecule has 0 atom stereocenters. The van der Waals surface area contributed by atoms with Gasteiger partial charge in [-0.05, 0) is 31.5 Å². The fourth-order valence-electron chi connectivity index (χ4n) is 2.40. The third-order valence-corrected chi connectivity index (χ3v) is 4.96. The van der Waals surface area contributed by atoms with Gasteiger partial charge < -0.3 is 10.6 Å². The van der Waals surface area contributed by atoms with Crippen molar-refractivity contribution < 1.29 is 9.59 Å². The van der Waals surface area contributed by atoms with E-state index in [1.54, 1.807) is 24.4 Å². The Morgan fingerprint density at radius 3 is 2.73 bits per heavy atom. The normalized spacial score (nSPS) is 10.7. The number of aryl methyl sites for hydroxylation is 2. The van der Waals surface area contributed by atoms with Crippen LogP contribution in [0.25, 0.3) is 10.2 Å². The number of nitrogens with zero attached hydrogens (tertiary/aromatic N) is 3. The number of carbonyl (C=O) groups excluding carboxylic acids is 2. The van der Waals surface area contributed by atoms with Crippen LogP contribution in [0.15, 0.2) is 35.5 Å². The molecule has 0 saturated heterocycles. The lowest BCUT2D eigenvalue weighted by atomic mass is 10.2. The molecule has 3 heterocycles. The van der Waals surface area contributed by atoms with Gasteiger partial charge in [-0.2, -0.15) is 0 Å². The molecule has 8 nitrogen and oxygen atoms in total. The molecule has 0 spiro atoms. The van der Waals surface area contributed by atoms with Crippen LogP contribution in [0.4, 0.5) is 5.82 Å². The van der Waals surface area contributed by atoms with Crippen molar-refractivity contribution in [3.05, 3.63) is 51.5 Å². The number of carbonyl (C=O) groups is 2. The number of pyridine rings is 1. The van der Waals surface area contributed by atoms with Gasteiger partial charge in [0.05, 0.1) is 18.3 Å². The van der Waals surface area contributed by atoms with E-state index >= 15 is 0 Å². The van der Waals surface area contributed by atoms with Gasteiger partial charge in [0.2, 0.25) is 11.8 Å². The van der Waals surface area contributed by atoms with Gasteiger partial charge in [-0.1, -0.05) is 6.07 Å². The Morgan fingerprint density at radius 1 is 1.19 bits per heavy atom. The van der Waals surface area contributed by atoms with E-state index in [1.807, 2.05) is 13.8 Å². The standard InChI is InChI=1S/C17H17N5O3S/c1-10-11(2)26-16-15(10)17(25)22(9-20-16)8-14(24)19-7-13(23)21-12-5-3-4-6-18-12/h3-6,9H,7-8H2,1-2H3,(H,19,24)(H,18,21,23). The molecule has 0 aliphatic rings. The van der Waals surface area contributed by atoms with Gasteiger partial charge in [-0.25, -0.2) is 9.97 Å². The Hall–Kier alpha value is -3.07. The van der Waals surface area contributed by atoms with E-state index in [-0.39, 0.29) is 18.6 Å². The molecule has 0 aliphatic carbocycles. The first kappa shape index (κ1) is 17.7. The molecule has 9 heteroatoms. The summed E-state index contributed by atoms with van der Waals surface area (Å²) in [5, 5.41) is 5.58. The maximum atomic E-state index is 12.5. The summed E-state index contributed by atoms with van der Waals surface area (Å²) in [5.41, 5.74) is 0.622. The van der Waals surface area contributed by atoms with Crippen LogP contribution in [0.2, 0.25) is 0 Å². The largest absolute Gasteiger partial charge is 0.345 e. The molecular formula is C17H17N5O3S. The Morgan fingerprint density at radius 2 is 2.00 bits per heavy atom. The van der Waals surface area contributed by atoms with E-state index in [2.05, 4.69) is 20.6 Å². The molecule has 0 bridgehead atoms. The molecule has 0 radical (unpaired) electrons. The van der Waals surface area contributed by atoms with E-state index in [0.717, 1.165) is 10.4 Å². The first-order chi connectivity index (χ1) is 12.5. The second-order valence-electron chi connectivity index (χ2n) is 5.68. The average molecular weight is 371 g/mol. The van der Waals surface area contributed by atoms with Crippen LogP contribution in [0.3, 0.4) is 0 Å². The first-order valence-corrected chi connectivity index (χ1v) is 8.70. The minimum absolute atomic E-state index is 0.201. The van der Waals surface area contributed by atoms with E-state index in [4.69, 9.17) is 0 Å². The highest BCUT2D eigenvalue weighted by Crippen LogP contribution is 2.25. The van der Waals surface area contributed by atoms with Gasteiger partial charge in [-0.15, -0.1) is 11.3 Å². The average Bonchev–Trinajstić information content (AvgIpc) is 2.91. The highest BCUT2D eigenvalue weighted by Gasteiger charge is 2.14. The van der Waals surface area contributed by atoms with E-state index < -0.39 is 11.8 Å². The van der Waals surface area contributed by atoms with Gasteiger partial charge in [0.15, 0.2) is 0 Å². The molecule has 2 amide bonds. The smallest absolute Gasteiger partial charge is 0.262 e. The number of rotatable bonds is 5. The lowest BCUT2D eigenvalue weighted by molar-refractivity contribution is -0.124. The number of thiophene rings is 1. The summed E-state index contributed by atoms with van der Waals surface area (Å²) in [5.74, 6) is -0.447. The number of anilines is 1. The maximum Gasteiger partial charge on any atom is 0.262 e. The minimum atomic E-state index is -0.450. The summed E-state index contributed by atoms with van der Waals surface area (Å²) < 4.78 is 1.24. The quantitative estimate of drug-likeness (QED) is 0.702. The lowest BCUT2D eigenvalue weighted by Crippen LogP contribution is -2.37. The molecule has 26 heavy (non-hydrogen) atoms. The van der Waals surface area contributed by atoms with E-state index in [1.165, 1.54) is 22.2 Å². The number of amides is 2. The number of hydrogen-bond donors (Lipinski definition) is 2. The summed E-state index contributed by atoms with van der Waals surface area (Å²) in [6.45, 7) is 3.38. The molecule has 134 valence electrons. The van der Waals surface area contributed by atoms with Crippen LogP contribution >= 0.6 is 11.3 Å². The highest BCUT2D eigenvalue weighted by atomic mass is 32.1. The topological polar surface area (TPSA) is 106 Å². The molecular weight excluding hydrogens is 354 g/mol. The zero-order chi connectivity index (χ0) is 18.7. The highest BCUT2D eigenvalue weighted by molar-refractivity contribution is 7.18. The SMILES string of the molecule is Cc1sc2ncn(CC(=O)NCC(=O)Nc3ccccn3)c(=O)c2c1C. The second-order valence-corrected chi connectivity index (χ2v) is 6.88. The van der Waals surface area contributed by atoms with Gasteiger partial charge in [0, 0.05) is 11.1 Å². The van der Waals surface area contributed by atoms with Crippen molar-refractivity contribution in [3.63, 3.8) is 0 Å². The van der Waals surface area contributed by atoms with Crippen molar-refractivity contribution in [2.24, 2.45) is 0 Å². The Labute approximate surface area is 152 Å². The number of aromatic nitrogens is 3. The van der Waals surface area contributed by atoms with Crippen LogP contribution in [0, 0.1) is 13.8 Å². The van der Waals surface area contributed by atoms with Crippen LogP contribution in [-0.2, 0) is 16.1 Å². The molecule has 0 aliphatic heterocycles. The number of nitrogens with one attached hydrogen (secondary N) is 2. The molecule has 0 fully saturated rings. The maximum absolute atomic E-state index is 12.5. The Balaban J connectivity index is 1.62. The zero-order valence-corrected chi connectivity index (χ0v) is 15.1. The summed E-state index contributed by atoms with van der Waals surface area (Å²) >= 11 is 1.45. The lowest BCUT2D eigenvalue weighted by Gasteiger charge is -2.08. The van der Waals surface area contributed by atoms with Gasteiger partial charge in [-0.3, -0.25) is 19.0 Å². The summed E-state index contributed by atoms with van der Waals surface area (Å²) in [4.78, 5) is 46.3. The van der Waals surface area contributed by atoms with Crippen LogP contribution in [0.1, 0.15) is 10.4 Å². The molecule has 3 aromatic rings. The van der Waals surface area contributed by atoms with E-state index in [0.29, 0.717) is 16.0 Å². The first-order valence-electron chi connectivity index (χ1n) is 7.88. The number of hydrogen-bond acceptors (Lipinski definition) is 6. The van der Waals surface area contributed by atoms with Crippen LogP contribution < -0.4 is 16.2 Å². The summed E-state index contributed by atoms with van der Waals surface area (Å²) in [7, 11) is 0. The third-order valence-electron chi connectivity index (χ3n) is 3.85. The second kappa shape index (κ2) is 7.44. The van der Waals surface area contributed by atoms with Crippen molar-refractivity contribution in [2.45, 2.75) is 20.4 Å². The molecule has 3 rings (SSSR count). The fraction of sp³-hybridized carbons (Fsp3) is 0.235. The van der Waals surface area contributed by atoms with Crippen molar-refractivity contribution in [1.82, 2.24) is 19.9 Å².